The highest BCUT2D eigenvalue weighted by Gasteiger charge is 2.31. The molecule has 0 aliphatic carbocycles. The van der Waals surface area contributed by atoms with Crippen LogP contribution in [0.15, 0.2) is 18.2 Å². The Hall–Kier alpha value is -1.62. The number of piperidine rings is 1. The number of rotatable bonds is 1. The van der Waals surface area contributed by atoms with Crippen molar-refractivity contribution in [2.45, 2.75) is 18.9 Å². The molecule has 3 N–H and O–H groups in total. The molecule has 2 amide bonds. The van der Waals surface area contributed by atoms with Crippen LogP contribution in [0.4, 0.5) is 14.9 Å². The number of urea groups is 1. The van der Waals surface area contributed by atoms with Gasteiger partial charge >= 0.3 is 6.03 Å². The van der Waals surface area contributed by atoms with E-state index in [4.69, 9.17) is 0 Å². The van der Waals surface area contributed by atoms with Crippen LogP contribution >= 0.6 is 0 Å². The Balaban J connectivity index is 1.94. The molecule has 0 radical (unpaired) electrons. The average Bonchev–Trinajstić information content (AvgIpc) is 2.39. The van der Waals surface area contributed by atoms with Crippen LogP contribution < -0.4 is 16.0 Å². The lowest BCUT2D eigenvalue weighted by molar-refractivity contribution is 0.232. The van der Waals surface area contributed by atoms with Crippen molar-refractivity contribution in [1.29, 1.82) is 0 Å². The lowest BCUT2D eigenvalue weighted by Crippen LogP contribution is -2.43. The molecule has 0 bridgehead atoms. The maximum Gasteiger partial charge on any atom is 0.319 e. The van der Waals surface area contributed by atoms with Gasteiger partial charge in [0, 0.05) is 11.3 Å². The van der Waals surface area contributed by atoms with Crippen molar-refractivity contribution in [2.75, 3.05) is 18.4 Å². The molecule has 1 saturated heterocycles. The maximum atomic E-state index is 13.4. The molecule has 1 fully saturated rings. The fourth-order valence-electron chi connectivity index (χ4n) is 2.83. The number of hydrogen-bond acceptors (Lipinski definition) is 2. The van der Waals surface area contributed by atoms with E-state index in [9.17, 15) is 9.18 Å². The molecule has 18 heavy (non-hydrogen) atoms. The van der Waals surface area contributed by atoms with E-state index in [1.165, 1.54) is 12.1 Å². The minimum Gasteiger partial charge on any atom is -0.331 e. The molecule has 1 aromatic rings. The lowest BCUT2D eigenvalue weighted by Gasteiger charge is -2.35. The highest BCUT2D eigenvalue weighted by atomic mass is 19.1. The summed E-state index contributed by atoms with van der Waals surface area (Å²) in [6, 6.07) is 4.26. The summed E-state index contributed by atoms with van der Waals surface area (Å²) in [5.41, 5.74) is 1.59. The second kappa shape index (κ2) is 4.57. The summed E-state index contributed by atoms with van der Waals surface area (Å²) in [6.07, 6.45) is 2.00. The normalized spacial score (nSPS) is 24.1. The standard InChI is InChI=1S/C13H16FN3O/c14-9-1-2-11-10(7-9)12(17-13(18)16-11)8-3-5-15-6-4-8/h1-2,7-8,12,15H,3-6H2,(H2,16,17,18). The van der Waals surface area contributed by atoms with Gasteiger partial charge in [0.15, 0.2) is 0 Å². The largest absolute Gasteiger partial charge is 0.331 e. The monoisotopic (exact) mass is 249 g/mol. The molecule has 96 valence electrons. The SMILES string of the molecule is O=C1Nc2ccc(F)cc2C(C2CCNCC2)N1. The van der Waals surface area contributed by atoms with Crippen molar-refractivity contribution >= 4 is 11.7 Å². The first-order chi connectivity index (χ1) is 8.74. The predicted octanol–water partition coefficient (Wildman–Crippen LogP) is 2.00. The van der Waals surface area contributed by atoms with E-state index in [2.05, 4.69) is 16.0 Å². The average molecular weight is 249 g/mol. The maximum absolute atomic E-state index is 13.4. The molecule has 5 heteroatoms. The van der Waals surface area contributed by atoms with E-state index in [0.717, 1.165) is 37.2 Å². The summed E-state index contributed by atoms with van der Waals surface area (Å²) in [6.45, 7) is 1.91. The third-order valence-corrected chi connectivity index (χ3v) is 3.74. The summed E-state index contributed by atoms with van der Waals surface area (Å²) >= 11 is 0. The van der Waals surface area contributed by atoms with Crippen LogP contribution in [-0.4, -0.2) is 19.1 Å². The van der Waals surface area contributed by atoms with Crippen molar-refractivity contribution in [3.63, 3.8) is 0 Å². The Kier molecular flexibility index (Phi) is 2.91. The smallest absolute Gasteiger partial charge is 0.319 e. The van der Waals surface area contributed by atoms with Crippen molar-refractivity contribution in [1.82, 2.24) is 10.6 Å². The van der Waals surface area contributed by atoms with Crippen LogP contribution in [0.25, 0.3) is 0 Å². The Labute approximate surface area is 105 Å². The van der Waals surface area contributed by atoms with E-state index >= 15 is 0 Å². The van der Waals surface area contributed by atoms with Crippen LogP contribution in [0.2, 0.25) is 0 Å². The number of anilines is 1. The fraction of sp³-hybridized carbons (Fsp3) is 0.462. The Morgan fingerprint density at radius 1 is 1.22 bits per heavy atom. The zero-order valence-electron chi connectivity index (χ0n) is 10.0. The molecule has 0 spiro atoms. The highest BCUT2D eigenvalue weighted by molar-refractivity contribution is 5.93. The van der Waals surface area contributed by atoms with Gasteiger partial charge in [-0.15, -0.1) is 0 Å². The van der Waals surface area contributed by atoms with Gasteiger partial charge in [0.25, 0.3) is 0 Å². The number of carbonyl (C=O) groups excluding carboxylic acids is 1. The molecular weight excluding hydrogens is 233 g/mol. The predicted molar refractivity (Wildman–Crippen MR) is 66.9 cm³/mol. The number of amides is 2. The zero-order chi connectivity index (χ0) is 12.5. The summed E-state index contributed by atoms with van der Waals surface area (Å²) in [4.78, 5) is 11.6. The second-order valence-electron chi connectivity index (χ2n) is 4.90. The molecule has 1 atom stereocenters. The minimum atomic E-state index is -0.259. The summed E-state index contributed by atoms with van der Waals surface area (Å²) in [7, 11) is 0. The van der Waals surface area contributed by atoms with Crippen molar-refractivity contribution < 1.29 is 9.18 Å². The van der Waals surface area contributed by atoms with Gasteiger partial charge in [-0.05, 0) is 50.0 Å². The second-order valence-corrected chi connectivity index (χ2v) is 4.90. The van der Waals surface area contributed by atoms with Crippen molar-refractivity contribution in [3.05, 3.63) is 29.6 Å². The summed E-state index contributed by atoms with van der Waals surface area (Å²) in [5.74, 6) is 0.114. The molecule has 4 nitrogen and oxygen atoms in total. The van der Waals surface area contributed by atoms with Gasteiger partial charge in [0.2, 0.25) is 0 Å². The lowest BCUT2D eigenvalue weighted by atomic mass is 9.84. The van der Waals surface area contributed by atoms with Gasteiger partial charge < -0.3 is 16.0 Å². The van der Waals surface area contributed by atoms with Gasteiger partial charge in [0.05, 0.1) is 6.04 Å². The number of halogens is 1. The van der Waals surface area contributed by atoms with Crippen LogP contribution in [0.3, 0.4) is 0 Å². The van der Waals surface area contributed by atoms with Crippen molar-refractivity contribution in [2.24, 2.45) is 5.92 Å². The summed E-state index contributed by atoms with van der Waals surface area (Å²) < 4.78 is 13.4. The van der Waals surface area contributed by atoms with E-state index in [1.54, 1.807) is 6.07 Å². The highest BCUT2D eigenvalue weighted by Crippen LogP contribution is 2.35. The Morgan fingerprint density at radius 3 is 2.78 bits per heavy atom. The topological polar surface area (TPSA) is 53.2 Å². The molecular formula is C13H16FN3O. The number of nitrogens with one attached hydrogen (secondary N) is 3. The summed E-state index contributed by atoms with van der Waals surface area (Å²) in [5, 5.41) is 8.95. The third kappa shape index (κ3) is 2.06. The quantitative estimate of drug-likeness (QED) is 0.713. The molecule has 2 aliphatic rings. The van der Waals surface area contributed by atoms with Gasteiger partial charge in [-0.25, -0.2) is 9.18 Å². The minimum absolute atomic E-state index is 0.0773. The van der Waals surface area contributed by atoms with E-state index < -0.39 is 0 Å². The Bertz CT molecular complexity index is 471. The molecule has 0 saturated carbocycles. The molecule has 0 aromatic heterocycles. The molecule has 3 rings (SSSR count). The van der Waals surface area contributed by atoms with Crippen LogP contribution in [0, 0.1) is 11.7 Å². The Morgan fingerprint density at radius 2 is 2.00 bits per heavy atom. The van der Waals surface area contributed by atoms with Gasteiger partial charge in [-0.2, -0.15) is 0 Å². The number of benzene rings is 1. The molecule has 2 aliphatic heterocycles. The van der Waals surface area contributed by atoms with E-state index in [0.29, 0.717) is 5.92 Å². The molecule has 1 aromatic carbocycles. The number of fused-ring (bicyclic) bond motifs is 1. The molecule has 1 unspecified atom stereocenters. The van der Waals surface area contributed by atoms with Crippen molar-refractivity contribution in [3.8, 4) is 0 Å². The first-order valence-electron chi connectivity index (χ1n) is 6.32. The fourth-order valence-corrected chi connectivity index (χ4v) is 2.83. The van der Waals surface area contributed by atoms with Gasteiger partial charge in [-0.1, -0.05) is 0 Å². The molecule has 2 heterocycles. The van der Waals surface area contributed by atoms with Crippen LogP contribution in [0.1, 0.15) is 24.4 Å². The number of hydrogen-bond donors (Lipinski definition) is 3. The van der Waals surface area contributed by atoms with Gasteiger partial charge in [0.1, 0.15) is 5.82 Å². The van der Waals surface area contributed by atoms with Crippen LogP contribution in [0.5, 0.6) is 0 Å². The van der Waals surface area contributed by atoms with Gasteiger partial charge in [-0.3, -0.25) is 0 Å². The van der Waals surface area contributed by atoms with E-state index in [1.807, 2.05) is 0 Å². The first kappa shape index (κ1) is 11.5. The van der Waals surface area contributed by atoms with Crippen LogP contribution in [-0.2, 0) is 0 Å². The number of carbonyl (C=O) groups is 1. The first-order valence-corrected chi connectivity index (χ1v) is 6.32. The van der Waals surface area contributed by atoms with E-state index in [-0.39, 0.29) is 17.9 Å². The zero-order valence-corrected chi connectivity index (χ0v) is 10.0. The third-order valence-electron chi connectivity index (χ3n) is 3.74.